The first-order chi connectivity index (χ1) is 5.74. The summed E-state index contributed by atoms with van der Waals surface area (Å²) in [6.45, 7) is 0. The van der Waals surface area contributed by atoms with Gasteiger partial charge in [0, 0.05) is 15.3 Å². The first kappa shape index (κ1) is 8.16. The zero-order valence-corrected chi connectivity index (χ0v) is 8.74. The van der Waals surface area contributed by atoms with Gasteiger partial charge in [-0.25, -0.2) is 0 Å². The molecule has 1 aromatic carbocycles. The molecule has 0 unspecified atom stereocenters. The van der Waals surface area contributed by atoms with E-state index in [-0.39, 0.29) is 0 Å². The lowest BCUT2D eigenvalue weighted by Gasteiger charge is -2.05. The number of ether oxygens (including phenoxy) is 1. The van der Waals surface area contributed by atoms with Crippen LogP contribution in [0.4, 0.5) is 5.69 Å². The molecule has 1 saturated carbocycles. The Morgan fingerprint density at radius 1 is 1.33 bits per heavy atom. The molecule has 3 heteroatoms. The zero-order chi connectivity index (χ0) is 8.55. The van der Waals surface area contributed by atoms with Crippen molar-refractivity contribution in [3.8, 4) is 5.75 Å². The van der Waals surface area contributed by atoms with E-state index in [0.717, 1.165) is 15.0 Å². The van der Waals surface area contributed by atoms with Crippen LogP contribution in [0.1, 0.15) is 12.8 Å². The molecule has 1 aliphatic carbocycles. The van der Waals surface area contributed by atoms with Gasteiger partial charge in [0.05, 0.1) is 6.10 Å². The Hall–Kier alpha value is -0.450. The van der Waals surface area contributed by atoms with Gasteiger partial charge < -0.3 is 10.5 Å². The second kappa shape index (κ2) is 3.12. The van der Waals surface area contributed by atoms with E-state index >= 15 is 0 Å². The van der Waals surface area contributed by atoms with Crippen molar-refractivity contribution in [3.05, 3.63) is 21.8 Å². The maximum absolute atomic E-state index is 5.67. The number of nitrogens with two attached hydrogens (primary N) is 1. The normalized spacial score (nSPS) is 16.1. The lowest BCUT2D eigenvalue weighted by Crippen LogP contribution is -1.97. The second-order valence-electron chi connectivity index (χ2n) is 3.04. The second-order valence-corrected chi connectivity index (χ2v) is 4.28. The minimum Gasteiger partial charge on any atom is -0.490 e. The van der Waals surface area contributed by atoms with Gasteiger partial charge in [0.2, 0.25) is 0 Å². The molecule has 1 fully saturated rings. The van der Waals surface area contributed by atoms with Crippen LogP contribution in [0.25, 0.3) is 0 Å². The maximum atomic E-state index is 5.67. The summed E-state index contributed by atoms with van der Waals surface area (Å²) in [5, 5.41) is 0. The van der Waals surface area contributed by atoms with E-state index in [1.165, 1.54) is 12.8 Å². The summed E-state index contributed by atoms with van der Waals surface area (Å²) < 4.78 is 6.73. The molecule has 0 amide bonds. The molecule has 12 heavy (non-hydrogen) atoms. The van der Waals surface area contributed by atoms with Crippen molar-refractivity contribution in [2.75, 3.05) is 5.73 Å². The van der Waals surface area contributed by atoms with Gasteiger partial charge in [-0.05, 0) is 47.6 Å². The highest BCUT2D eigenvalue weighted by atomic mass is 127. The molecule has 2 nitrogen and oxygen atoms in total. The average molecular weight is 275 g/mol. The van der Waals surface area contributed by atoms with Crippen LogP contribution in [0.3, 0.4) is 0 Å². The first-order valence-corrected chi connectivity index (χ1v) is 5.04. The Labute approximate surface area is 85.2 Å². The minimum absolute atomic E-state index is 0.447. The summed E-state index contributed by atoms with van der Waals surface area (Å²) in [6, 6.07) is 5.82. The summed E-state index contributed by atoms with van der Waals surface area (Å²) in [5.74, 6) is 0.905. The maximum Gasteiger partial charge on any atom is 0.122 e. The predicted octanol–water partition coefficient (Wildman–Crippen LogP) is 2.41. The molecule has 64 valence electrons. The average Bonchev–Trinajstić information content (AvgIpc) is 2.68. The van der Waals surface area contributed by atoms with Crippen molar-refractivity contribution in [1.29, 1.82) is 0 Å². The molecule has 1 aliphatic rings. The summed E-state index contributed by atoms with van der Waals surface area (Å²) in [6.07, 6.45) is 2.82. The van der Waals surface area contributed by atoms with Crippen molar-refractivity contribution in [2.24, 2.45) is 0 Å². The molecule has 0 radical (unpaired) electrons. The molecular formula is C9H10INO. The van der Waals surface area contributed by atoms with Crippen LogP contribution >= 0.6 is 22.6 Å². The van der Waals surface area contributed by atoms with E-state index < -0.39 is 0 Å². The summed E-state index contributed by atoms with van der Waals surface area (Å²) in [4.78, 5) is 0. The number of benzene rings is 1. The first-order valence-electron chi connectivity index (χ1n) is 3.97. The number of hydrogen-bond acceptors (Lipinski definition) is 2. The molecule has 0 aliphatic heterocycles. The van der Waals surface area contributed by atoms with Gasteiger partial charge in [0.15, 0.2) is 0 Å². The van der Waals surface area contributed by atoms with Crippen molar-refractivity contribution in [2.45, 2.75) is 18.9 Å². The van der Waals surface area contributed by atoms with E-state index in [2.05, 4.69) is 22.6 Å². The van der Waals surface area contributed by atoms with Gasteiger partial charge in [-0.15, -0.1) is 0 Å². The van der Waals surface area contributed by atoms with E-state index in [1.54, 1.807) is 0 Å². The Morgan fingerprint density at radius 2 is 2.08 bits per heavy atom. The summed E-state index contributed by atoms with van der Waals surface area (Å²) >= 11 is 2.24. The number of rotatable bonds is 2. The summed E-state index contributed by atoms with van der Waals surface area (Å²) in [7, 11) is 0. The Balaban J connectivity index is 2.18. The molecule has 0 aromatic heterocycles. The monoisotopic (exact) mass is 275 g/mol. The van der Waals surface area contributed by atoms with Crippen molar-refractivity contribution >= 4 is 28.3 Å². The Morgan fingerprint density at radius 3 is 2.67 bits per heavy atom. The Bertz CT molecular complexity index is 276. The molecule has 0 spiro atoms. The smallest absolute Gasteiger partial charge is 0.122 e. The standard InChI is InChI=1S/C9H10INO/c10-6-3-7(11)5-9(4-6)12-8-1-2-8/h3-5,8H,1-2,11H2. The van der Waals surface area contributed by atoms with E-state index in [4.69, 9.17) is 10.5 Å². The molecule has 2 rings (SSSR count). The number of halogens is 1. The highest BCUT2D eigenvalue weighted by Gasteiger charge is 2.23. The lowest BCUT2D eigenvalue weighted by molar-refractivity contribution is 0.303. The van der Waals surface area contributed by atoms with Gasteiger partial charge >= 0.3 is 0 Å². The van der Waals surface area contributed by atoms with Crippen LogP contribution in [0, 0.1) is 3.57 Å². The van der Waals surface area contributed by atoms with Gasteiger partial charge in [-0.1, -0.05) is 0 Å². The number of hydrogen-bond donors (Lipinski definition) is 1. The fourth-order valence-corrected chi connectivity index (χ4v) is 1.70. The van der Waals surface area contributed by atoms with Crippen LogP contribution in [0.5, 0.6) is 5.75 Å². The highest BCUT2D eigenvalue weighted by molar-refractivity contribution is 14.1. The largest absolute Gasteiger partial charge is 0.490 e. The van der Waals surface area contributed by atoms with Crippen LogP contribution in [0.15, 0.2) is 18.2 Å². The van der Waals surface area contributed by atoms with Gasteiger partial charge in [0.25, 0.3) is 0 Å². The molecule has 0 heterocycles. The lowest BCUT2D eigenvalue weighted by atomic mass is 10.3. The third kappa shape index (κ3) is 2.03. The molecule has 1 aromatic rings. The predicted molar refractivity (Wildman–Crippen MR) is 57.2 cm³/mol. The Kier molecular flexibility index (Phi) is 2.12. The van der Waals surface area contributed by atoms with Crippen molar-refractivity contribution in [1.82, 2.24) is 0 Å². The van der Waals surface area contributed by atoms with Crippen LogP contribution < -0.4 is 10.5 Å². The molecular weight excluding hydrogens is 265 g/mol. The topological polar surface area (TPSA) is 35.2 Å². The quantitative estimate of drug-likeness (QED) is 0.664. The number of anilines is 1. The van der Waals surface area contributed by atoms with E-state index in [9.17, 15) is 0 Å². The minimum atomic E-state index is 0.447. The van der Waals surface area contributed by atoms with Gasteiger partial charge in [-0.2, -0.15) is 0 Å². The molecule has 0 atom stereocenters. The van der Waals surface area contributed by atoms with Gasteiger partial charge in [0.1, 0.15) is 5.75 Å². The van der Waals surface area contributed by atoms with E-state index in [0.29, 0.717) is 6.10 Å². The molecule has 2 N–H and O–H groups in total. The third-order valence-corrected chi connectivity index (χ3v) is 2.34. The third-order valence-electron chi connectivity index (χ3n) is 1.72. The van der Waals surface area contributed by atoms with Crippen LogP contribution in [0.2, 0.25) is 0 Å². The highest BCUT2D eigenvalue weighted by Crippen LogP contribution is 2.28. The summed E-state index contributed by atoms with van der Waals surface area (Å²) in [5.41, 5.74) is 6.45. The number of nitrogen functional groups attached to an aromatic ring is 1. The van der Waals surface area contributed by atoms with Crippen LogP contribution in [-0.2, 0) is 0 Å². The molecule has 0 saturated heterocycles. The van der Waals surface area contributed by atoms with Crippen molar-refractivity contribution in [3.63, 3.8) is 0 Å². The molecule has 0 bridgehead atoms. The van der Waals surface area contributed by atoms with Crippen LogP contribution in [-0.4, -0.2) is 6.10 Å². The van der Waals surface area contributed by atoms with Crippen molar-refractivity contribution < 1.29 is 4.74 Å². The van der Waals surface area contributed by atoms with Gasteiger partial charge in [-0.3, -0.25) is 0 Å². The van der Waals surface area contributed by atoms with E-state index in [1.807, 2.05) is 18.2 Å². The fourth-order valence-electron chi connectivity index (χ4n) is 1.03. The zero-order valence-electron chi connectivity index (χ0n) is 6.59. The SMILES string of the molecule is Nc1cc(I)cc(OC2CC2)c1. The fraction of sp³-hybridized carbons (Fsp3) is 0.333.